The molecule has 1 fully saturated rings. The molecule has 1 heterocycles. The summed E-state index contributed by atoms with van der Waals surface area (Å²) in [5.41, 5.74) is 1.27. The Labute approximate surface area is 167 Å². The van der Waals surface area contributed by atoms with Crippen molar-refractivity contribution in [2.24, 2.45) is 0 Å². The third-order valence-corrected chi connectivity index (χ3v) is 5.07. The summed E-state index contributed by atoms with van der Waals surface area (Å²) in [7, 11) is 1.63. The molecule has 3 aromatic rings. The molecule has 0 aliphatic carbocycles. The molecular formula is C23H19FN2O3. The van der Waals surface area contributed by atoms with Crippen molar-refractivity contribution in [3.05, 3.63) is 77.1 Å². The summed E-state index contributed by atoms with van der Waals surface area (Å²) >= 11 is 0. The van der Waals surface area contributed by atoms with Crippen LogP contribution in [-0.4, -0.2) is 37.6 Å². The van der Waals surface area contributed by atoms with Crippen molar-refractivity contribution < 1.29 is 18.7 Å². The van der Waals surface area contributed by atoms with E-state index in [4.69, 9.17) is 14.7 Å². The molecular weight excluding hydrogens is 371 g/mol. The molecule has 6 heteroatoms. The molecule has 0 radical (unpaired) electrons. The van der Waals surface area contributed by atoms with E-state index in [1.807, 2.05) is 42.5 Å². The summed E-state index contributed by atoms with van der Waals surface area (Å²) in [5.74, 6) is -0.107. The maximum Gasteiger partial charge on any atom is 0.254 e. The van der Waals surface area contributed by atoms with Crippen LogP contribution in [0.1, 0.15) is 27.6 Å². The van der Waals surface area contributed by atoms with Crippen LogP contribution < -0.4 is 4.74 Å². The van der Waals surface area contributed by atoms with Gasteiger partial charge in [-0.15, -0.1) is 0 Å². The van der Waals surface area contributed by atoms with E-state index in [-0.39, 0.29) is 23.1 Å². The van der Waals surface area contributed by atoms with Gasteiger partial charge in [0.15, 0.2) is 0 Å². The lowest BCUT2D eigenvalue weighted by Crippen LogP contribution is -2.42. The van der Waals surface area contributed by atoms with Gasteiger partial charge in [0.25, 0.3) is 5.91 Å². The first-order valence-electron chi connectivity index (χ1n) is 9.26. The summed E-state index contributed by atoms with van der Waals surface area (Å²) in [6.07, 6.45) is -0.275. The molecule has 29 heavy (non-hydrogen) atoms. The number of nitriles is 1. The van der Waals surface area contributed by atoms with Gasteiger partial charge in [0.05, 0.1) is 31.9 Å². The average molecular weight is 390 g/mol. The highest BCUT2D eigenvalue weighted by atomic mass is 19.1. The highest BCUT2D eigenvalue weighted by Gasteiger charge is 2.27. The van der Waals surface area contributed by atoms with Crippen molar-refractivity contribution in [1.29, 1.82) is 5.26 Å². The van der Waals surface area contributed by atoms with Gasteiger partial charge in [0.1, 0.15) is 17.7 Å². The number of rotatable bonds is 3. The number of carbonyl (C=O) groups excluding carboxylic acids is 1. The second kappa shape index (κ2) is 7.90. The largest absolute Gasteiger partial charge is 0.497 e. The maximum absolute atomic E-state index is 13.7. The molecule has 146 valence electrons. The lowest BCUT2D eigenvalue weighted by Gasteiger charge is -2.33. The predicted molar refractivity (Wildman–Crippen MR) is 106 cm³/mol. The first kappa shape index (κ1) is 18.9. The Bertz CT molecular complexity index is 1120. The Balaban J connectivity index is 1.57. The van der Waals surface area contributed by atoms with Gasteiger partial charge in [0.2, 0.25) is 0 Å². The van der Waals surface area contributed by atoms with Crippen molar-refractivity contribution in [1.82, 2.24) is 4.90 Å². The fraction of sp³-hybridized carbons (Fsp3) is 0.217. The number of morpholine rings is 1. The Morgan fingerprint density at radius 1 is 1.17 bits per heavy atom. The Morgan fingerprint density at radius 3 is 2.76 bits per heavy atom. The molecule has 3 aromatic carbocycles. The molecule has 1 saturated heterocycles. The highest BCUT2D eigenvalue weighted by molar-refractivity contribution is 5.94. The average Bonchev–Trinajstić information content (AvgIpc) is 2.77. The van der Waals surface area contributed by atoms with Crippen LogP contribution in [0.3, 0.4) is 0 Å². The monoisotopic (exact) mass is 390 g/mol. The minimum atomic E-state index is -0.595. The van der Waals surface area contributed by atoms with E-state index >= 15 is 0 Å². The number of carbonyl (C=O) groups is 1. The van der Waals surface area contributed by atoms with Crippen LogP contribution in [0.5, 0.6) is 5.75 Å². The second-order valence-electron chi connectivity index (χ2n) is 6.92. The van der Waals surface area contributed by atoms with Gasteiger partial charge < -0.3 is 14.4 Å². The molecule has 1 atom stereocenters. The van der Waals surface area contributed by atoms with Gasteiger partial charge in [0, 0.05) is 12.1 Å². The van der Waals surface area contributed by atoms with E-state index in [2.05, 4.69) is 0 Å². The topological polar surface area (TPSA) is 62.6 Å². The number of fused-ring (bicyclic) bond motifs is 1. The second-order valence-corrected chi connectivity index (χ2v) is 6.92. The number of ether oxygens (including phenoxy) is 2. The van der Waals surface area contributed by atoms with Crippen molar-refractivity contribution in [2.75, 3.05) is 26.8 Å². The molecule has 1 aliphatic rings. The molecule has 1 aliphatic heterocycles. The summed E-state index contributed by atoms with van der Waals surface area (Å²) in [6, 6.07) is 17.5. The van der Waals surface area contributed by atoms with Crippen LogP contribution in [0, 0.1) is 17.1 Å². The number of nitrogens with zero attached hydrogens (tertiary/aromatic N) is 2. The zero-order valence-corrected chi connectivity index (χ0v) is 15.9. The molecule has 0 spiro atoms. The maximum atomic E-state index is 13.7. The molecule has 0 N–H and O–H groups in total. The van der Waals surface area contributed by atoms with Crippen LogP contribution in [-0.2, 0) is 4.74 Å². The Morgan fingerprint density at radius 2 is 1.97 bits per heavy atom. The van der Waals surface area contributed by atoms with Crippen molar-refractivity contribution in [3.63, 3.8) is 0 Å². The highest BCUT2D eigenvalue weighted by Crippen LogP contribution is 2.28. The third kappa shape index (κ3) is 3.91. The van der Waals surface area contributed by atoms with E-state index in [0.717, 1.165) is 34.2 Å². The quantitative estimate of drug-likeness (QED) is 0.676. The molecule has 0 saturated carbocycles. The van der Waals surface area contributed by atoms with Gasteiger partial charge in [-0.05, 0) is 52.7 Å². The van der Waals surface area contributed by atoms with Crippen molar-refractivity contribution >= 4 is 16.7 Å². The van der Waals surface area contributed by atoms with Crippen LogP contribution in [0.15, 0.2) is 54.6 Å². The van der Waals surface area contributed by atoms with E-state index < -0.39 is 5.82 Å². The zero-order chi connectivity index (χ0) is 20.4. The zero-order valence-electron chi connectivity index (χ0n) is 15.9. The first-order valence-corrected chi connectivity index (χ1v) is 9.26. The summed E-state index contributed by atoms with van der Waals surface area (Å²) < 4.78 is 24.9. The van der Waals surface area contributed by atoms with Crippen molar-refractivity contribution in [2.45, 2.75) is 6.10 Å². The number of benzene rings is 3. The lowest BCUT2D eigenvalue weighted by molar-refractivity contribution is -0.0227. The van der Waals surface area contributed by atoms with Gasteiger partial charge in [-0.3, -0.25) is 4.79 Å². The Kier molecular flexibility index (Phi) is 5.15. The third-order valence-electron chi connectivity index (χ3n) is 5.07. The van der Waals surface area contributed by atoms with Crippen LogP contribution in [0.4, 0.5) is 4.39 Å². The number of hydrogen-bond acceptors (Lipinski definition) is 4. The normalized spacial score (nSPS) is 16.4. The first-order chi connectivity index (χ1) is 14.1. The molecule has 0 aromatic heterocycles. The fourth-order valence-electron chi connectivity index (χ4n) is 3.57. The van der Waals surface area contributed by atoms with Gasteiger partial charge in [-0.2, -0.15) is 5.26 Å². The van der Waals surface area contributed by atoms with Crippen molar-refractivity contribution in [3.8, 4) is 11.8 Å². The SMILES string of the molecule is COc1ccc2cc(C3CN(C(=O)c4cc(F)cc(C#N)c4)CCO3)ccc2c1. The predicted octanol–water partition coefficient (Wildman–Crippen LogP) is 4.07. The molecule has 1 unspecified atom stereocenters. The van der Waals surface area contributed by atoms with E-state index in [1.165, 1.54) is 6.07 Å². The van der Waals surface area contributed by atoms with E-state index in [0.29, 0.717) is 19.7 Å². The van der Waals surface area contributed by atoms with Crippen LogP contribution in [0.2, 0.25) is 0 Å². The van der Waals surface area contributed by atoms with E-state index in [9.17, 15) is 9.18 Å². The minimum Gasteiger partial charge on any atom is -0.497 e. The molecule has 1 amide bonds. The molecule has 4 rings (SSSR count). The summed E-state index contributed by atoms with van der Waals surface area (Å²) in [4.78, 5) is 14.5. The van der Waals surface area contributed by atoms with Gasteiger partial charge in [-0.25, -0.2) is 4.39 Å². The summed E-state index contributed by atoms with van der Waals surface area (Å²) in [6.45, 7) is 1.16. The standard InChI is InChI=1S/C23H19FN2O3/c1-28-21-5-4-16-10-18(3-2-17(16)12-21)22-14-26(6-7-29-22)23(27)19-8-15(13-25)9-20(24)11-19/h2-5,8-12,22H,6-7,14H2,1H3. The smallest absolute Gasteiger partial charge is 0.254 e. The number of methoxy groups -OCH3 is 1. The Hall–Kier alpha value is -3.43. The van der Waals surface area contributed by atoms with Crippen LogP contribution in [0.25, 0.3) is 10.8 Å². The van der Waals surface area contributed by atoms with Gasteiger partial charge >= 0.3 is 0 Å². The number of amides is 1. The molecule has 5 nitrogen and oxygen atoms in total. The summed E-state index contributed by atoms with van der Waals surface area (Å²) in [5, 5.41) is 11.1. The molecule has 0 bridgehead atoms. The lowest BCUT2D eigenvalue weighted by atomic mass is 10.0. The van der Waals surface area contributed by atoms with Gasteiger partial charge in [-0.1, -0.05) is 18.2 Å². The number of halogens is 1. The minimum absolute atomic E-state index is 0.128. The fourth-order valence-corrected chi connectivity index (χ4v) is 3.57. The van der Waals surface area contributed by atoms with Crippen LogP contribution >= 0.6 is 0 Å². The van der Waals surface area contributed by atoms with E-state index in [1.54, 1.807) is 12.0 Å². The number of hydrogen-bond donors (Lipinski definition) is 0.